The Labute approximate surface area is 140 Å². The Balaban J connectivity index is 1.91. The molecule has 0 aromatic heterocycles. The van der Waals surface area contributed by atoms with Crippen molar-refractivity contribution >= 4 is 11.8 Å². The van der Waals surface area contributed by atoms with E-state index in [2.05, 4.69) is 5.32 Å². The largest absolute Gasteiger partial charge is 0.395 e. The van der Waals surface area contributed by atoms with E-state index < -0.39 is 6.04 Å². The molecule has 2 aromatic carbocycles. The number of aliphatic hydroxyl groups is 1. The van der Waals surface area contributed by atoms with Gasteiger partial charge in [-0.25, -0.2) is 0 Å². The minimum atomic E-state index is -0.570. The van der Waals surface area contributed by atoms with Crippen LogP contribution in [0.1, 0.15) is 21.5 Å². The van der Waals surface area contributed by atoms with E-state index in [4.69, 9.17) is 5.11 Å². The van der Waals surface area contributed by atoms with Crippen molar-refractivity contribution in [2.24, 2.45) is 0 Å². The number of benzene rings is 2. The summed E-state index contributed by atoms with van der Waals surface area (Å²) < 4.78 is 0. The lowest BCUT2D eigenvalue weighted by molar-refractivity contribution is -0.126. The van der Waals surface area contributed by atoms with E-state index in [-0.39, 0.29) is 25.0 Å². The first-order valence-corrected chi connectivity index (χ1v) is 8.02. The highest BCUT2D eigenvalue weighted by atomic mass is 16.3. The predicted octanol–water partition coefficient (Wildman–Crippen LogP) is 1.36. The molecule has 5 nitrogen and oxygen atoms in total. The van der Waals surface area contributed by atoms with Gasteiger partial charge in [0.25, 0.3) is 5.91 Å². The highest BCUT2D eigenvalue weighted by molar-refractivity contribution is 5.98. The Bertz CT molecular complexity index is 730. The summed E-state index contributed by atoms with van der Waals surface area (Å²) in [6.07, 6.45) is 0.478. The van der Waals surface area contributed by atoms with Crippen LogP contribution < -0.4 is 5.32 Å². The number of hydrogen-bond donors (Lipinski definition) is 2. The summed E-state index contributed by atoms with van der Waals surface area (Å²) in [6.45, 7) is 0.465. The van der Waals surface area contributed by atoms with Gasteiger partial charge in [0.1, 0.15) is 6.04 Å². The monoisotopic (exact) mass is 324 g/mol. The topological polar surface area (TPSA) is 69.6 Å². The SMILES string of the molecule is O=C(NCCO)[C@@H]1Cc2ccccc2CN1C(=O)c1ccccc1. The fraction of sp³-hybridized carbons (Fsp3) is 0.263. The van der Waals surface area contributed by atoms with Crippen molar-refractivity contribution in [3.63, 3.8) is 0 Å². The molecule has 124 valence electrons. The molecule has 1 aliphatic heterocycles. The van der Waals surface area contributed by atoms with Crippen LogP contribution in [0.2, 0.25) is 0 Å². The van der Waals surface area contributed by atoms with E-state index >= 15 is 0 Å². The van der Waals surface area contributed by atoms with Crippen molar-refractivity contribution in [1.29, 1.82) is 0 Å². The van der Waals surface area contributed by atoms with Crippen LogP contribution in [0.4, 0.5) is 0 Å². The molecule has 0 unspecified atom stereocenters. The second kappa shape index (κ2) is 7.27. The van der Waals surface area contributed by atoms with Gasteiger partial charge in [0.15, 0.2) is 0 Å². The van der Waals surface area contributed by atoms with Gasteiger partial charge in [0, 0.05) is 25.1 Å². The number of aliphatic hydroxyl groups excluding tert-OH is 1. The molecule has 0 saturated carbocycles. The molecule has 24 heavy (non-hydrogen) atoms. The zero-order chi connectivity index (χ0) is 16.9. The number of hydrogen-bond acceptors (Lipinski definition) is 3. The Hall–Kier alpha value is -2.66. The fourth-order valence-electron chi connectivity index (χ4n) is 3.01. The number of nitrogens with zero attached hydrogens (tertiary/aromatic N) is 1. The van der Waals surface area contributed by atoms with Crippen LogP contribution in [-0.2, 0) is 17.8 Å². The van der Waals surface area contributed by atoms with E-state index in [0.717, 1.165) is 11.1 Å². The van der Waals surface area contributed by atoms with Gasteiger partial charge in [0.2, 0.25) is 5.91 Å². The minimum absolute atomic E-state index is 0.123. The lowest BCUT2D eigenvalue weighted by Crippen LogP contribution is -2.52. The molecule has 0 bridgehead atoms. The van der Waals surface area contributed by atoms with Crippen LogP contribution in [0.25, 0.3) is 0 Å². The van der Waals surface area contributed by atoms with Crippen LogP contribution >= 0.6 is 0 Å². The molecule has 0 spiro atoms. The third-order valence-electron chi connectivity index (χ3n) is 4.24. The zero-order valence-electron chi connectivity index (χ0n) is 13.3. The summed E-state index contributed by atoms with van der Waals surface area (Å²) >= 11 is 0. The Morgan fingerprint density at radius 2 is 1.71 bits per heavy atom. The second-order valence-corrected chi connectivity index (χ2v) is 5.80. The normalized spacial score (nSPS) is 16.4. The highest BCUT2D eigenvalue weighted by Gasteiger charge is 2.34. The standard InChI is InChI=1S/C19H20N2O3/c22-11-10-20-18(23)17-12-15-8-4-5-9-16(15)13-21(17)19(24)14-6-2-1-3-7-14/h1-9,17,22H,10-13H2,(H,20,23)/t17-/m0/s1. The molecule has 5 heteroatoms. The lowest BCUT2D eigenvalue weighted by Gasteiger charge is -2.36. The lowest BCUT2D eigenvalue weighted by atomic mass is 9.92. The number of carbonyl (C=O) groups is 2. The third-order valence-corrected chi connectivity index (χ3v) is 4.24. The van der Waals surface area contributed by atoms with Gasteiger partial charge in [-0.2, -0.15) is 0 Å². The summed E-state index contributed by atoms with van der Waals surface area (Å²) in [5, 5.41) is 11.6. The molecule has 1 heterocycles. The van der Waals surface area contributed by atoms with E-state index in [1.807, 2.05) is 42.5 Å². The van der Waals surface area contributed by atoms with Gasteiger partial charge >= 0.3 is 0 Å². The molecule has 0 aliphatic carbocycles. The third kappa shape index (κ3) is 3.31. The van der Waals surface area contributed by atoms with E-state index in [1.165, 1.54) is 0 Å². The van der Waals surface area contributed by atoms with Crippen LogP contribution in [0.5, 0.6) is 0 Å². The van der Waals surface area contributed by atoms with E-state index in [1.54, 1.807) is 17.0 Å². The van der Waals surface area contributed by atoms with Crippen molar-refractivity contribution in [2.45, 2.75) is 19.0 Å². The number of nitrogens with one attached hydrogen (secondary N) is 1. The average molecular weight is 324 g/mol. The highest BCUT2D eigenvalue weighted by Crippen LogP contribution is 2.25. The Morgan fingerprint density at radius 3 is 2.42 bits per heavy atom. The molecule has 2 N–H and O–H groups in total. The molecular formula is C19H20N2O3. The number of rotatable bonds is 4. The number of carbonyl (C=O) groups excluding carboxylic acids is 2. The summed E-state index contributed by atoms with van der Waals surface area (Å²) in [6, 6.07) is 16.3. The molecule has 0 saturated heterocycles. The first-order valence-electron chi connectivity index (χ1n) is 8.02. The maximum Gasteiger partial charge on any atom is 0.254 e. The first kappa shape index (κ1) is 16.2. The van der Waals surface area contributed by atoms with Gasteiger partial charge in [-0.15, -0.1) is 0 Å². The minimum Gasteiger partial charge on any atom is -0.395 e. The van der Waals surface area contributed by atoms with Gasteiger partial charge < -0.3 is 15.3 Å². The molecule has 3 rings (SSSR count). The number of amides is 2. The molecular weight excluding hydrogens is 304 g/mol. The fourth-order valence-corrected chi connectivity index (χ4v) is 3.01. The van der Waals surface area contributed by atoms with Gasteiger partial charge in [-0.1, -0.05) is 42.5 Å². The first-order chi connectivity index (χ1) is 11.7. The summed E-state index contributed by atoms with van der Waals surface area (Å²) in [4.78, 5) is 27.0. The number of fused-ring (bicyclic) bond motifs is 1. The molecule has 1 aliphatic rings. The van der Waals surface area contributed by atoms with Gasteiger partial charge in [-0.05, 0) is 23.3 Å². The van der Waals surface area contributed by atoms with Crippen molar-refractivity contribution in [2.75, 3.05) is 13.2 Å². The zero-order valence-corrected chi connectivity index (χ0v) is 13.3. The van der Waals surface area contributed by atoms with E-state index in [0.29, 0.717) is 18.5 Å². The molecule has 0 fully saturated rings. The van der Waals surface area contributed by atoms with Gasteiger partial charge in [-0.3, -0.25) is 9.59 Å². The van der Waals surface area contributed by atoms with Crippen molar-refractivity contribution in [1.82, 2.24) is 10.2 Å². The smallest absolute Gasteiger partial charge is 0.254 e. The van der Waals surface area contributed by atoms with Crippen LogP contribution in [0, 0.1) is 0 Å². The molecule has 2 amide bonds. The van der Waals surface area contributed by atoms with Gasteiger partial charge in [0.05, 0.1) is 6.61 Å². The van der Waals surface area contributed by atoms with Crippen LogP contribution in [-0.4, -0.2) is 41.0 Å². The van der Waals surface area contributed by atoms with Crippen LogP contribution in [0.3, 0.4) is 0 Å². The summed E-state index contributed by atoms with van der Waals surface area (Å²) in [7, 11) is 0. The quantitative estimate of drug-likeness (QED) is 0.892. The Morgan fingerprint density at radius 1 is 1.04 bits per heavy atom. The van der Waals surface area contributed by atoms with Crippen molar-refractivity contribution in [3.05, 3.63) is 71.3 Å². The van der Waals surface area contributed by atoms with Crippen LogP contribution in [0.15, 0.2) is 54.6 Å². The summed E-state index contributed by atoms with van der Waals surface area (Å²) in [5.41, 5.74) is 2.71. The maximum atomic E-state index is 12.9. The molecule has 1 atom stereocenters. The van der Waals surface area contributed by atoms with E-state index in [9.17, 15) is 9.59 Å². The van der Waals surface area contributed by atoms with Crippen molar-refractivity contribution in [3.8, 4) is 0 Å². The summed E-state index contributed by atoms with van der Waals surface area (Å²) in [5.74, 6) is -0.392. The average Bonchev–Trinajstić information content (AvgIpc) is 2.65. The Kier molecular flexibility index (Phi) is 4.91. The molecule has 2 aromatic rings. The maximum absolute atomic E-state index is 12.9. The molecule has 0 radical (unpaired) electrons. The second-order valence-electron chi connectivity index (χ2n) is 5.80. The van der Waals surface area contributed by atoms with Crippen molar-refractivity contribution < 1.29 is 14.7 Å². The predicted molar refractivity (Wildman–Crippen MR) is 90.3 cm³/mol.